The molecule has 0 spiro atoms. The van der Waals surface area contributed by atoms with E-state index in [4.69, 9.17) is 9.84 Å². The van der Waals surface area contributed by atoms with Gasteiger partial charge in [-0.1, -0.05) is 24.6 Å². The van der Waals surface area contributed by atoms with Gasteiger partial charge in [-0.05, 0) is 38.8 Å². The maximum Gasteiger partial charge on any atom is 0.306 e. The van der Waals surface area contributed by atoms with Crippen molar-refractivity contribution in [3.05, 3.63) is 29.8 Å². The van der Waals surface area contributed by atoms with Crippen molar-refractivity contribution in [3.8, 4) is 5.75 Å². The van der Waals surface area contributed by atoms with Crippen molar-refractivity contribution in [1.82, 2.24) is 5.32 Å². The number of carboxylic acids is 1. The van der Waals surface area contributed by atoms with E-state index in [1.54, 1.807) is 13.8 Å². The van der Waals surface area contributed by atoms with Crippen LogP contribution in [0.1, 0.15) is 32.3 Å². The largest absolute Gasteiger partial charge is 0.481 e. The van der Waals surface area contributed by atoms with Crippen LogP contribution in [0.2, 0.25) is 0 Å². The molecule has 0 saturated carbocycles. The van der Waals surface area contributed by atoms with Gasteiger partial charge in [-0.3, -0.25) is 9.59 Å². The lowest BCUT2D eigenvalue weighted by molar-refractivity contribution is -0.141. The van der Waals surface area contributed by atoms with E-state index in [9.17, 15) is 9.59 Å². The number of ether oxygens (including phenoxy) is 1. The Labute approximate surface area is 125 Å². The average Bonchev–Trinajstić information content (AvgIpc) is 2.45. The lowest BCUT2D eigenvalue weighted by Crippen LogP contribution is -2.37. The zero-order chi connectivity index (χ0) is 15.8. The molecule has 0 heterocycles. The van der Waals surface area contributed by atoms with E-state index in [-0.39, 0.29) is 11.8 Å². The molecule has 0 fully saturated rings. The van der Waals surface area contributed by atoms with Crippen LogP contribution in [0.4, 0.5) is 0 Å². The Hall–Kier alpha value is -2.04. The molecule has 0 saturated heterocycles. The van der Waals surface area contributed by atoms with Gasteiger partial charge in [-0.2, -0.15) is 0 Å². The summed E-state index contributed by atoms with van der Waals surface area (Å²) in [5.41, 5.74) is 1.13. The van der Waals surface area contributed by atoms with Crippen LogP contribution in [0.25, 0.3) is 0 Å². The van der Waals surface area contributed by atoms with Crippen molar-refractivity contribution in [2.75, 3.05) is 6.54 Å². The second-order valence-electron chi connectivity index (χ2n) is 5.25. The van der Waals surface area contributed by atoms with Crippen LogP contribution in [0, 0.1) is 12.8 Å². The third-order valence-electron chi connectivity index (χ3n) is 3.24. The molecular formula is C16H23NO4. The Morgan fingerprint density at radius 1 is 1.24 bits per heavy atom. The molecule has 1 rings (SSSR count). The molecule has 116 valence electrons. The summed E-state index contributed by atoms with van der Waals surface area (Å²) in [6.45, 7) is 5.79. The minimum Gasteiger partial charge on any atom is -0.481 e. The quantitative estimate of drug-likeness (QED) is 0.722. The van der Waals surface area contributed by atoms with Gasteiger partial charge >= 0.3 is 5.97 Å². The maximum atomic E-state index is 11.8. The molecule has 0 aromatic heterocycles. The highest BCUT2D eigenvalue weighted by atomic mass is 16.5. The third kappa shape index (κ3) is 6.29. The van der Waals surface area contributed by atoms with Gasteiger partial charge in [0, 0.05) is 6.54 Å². The van der Waals surface area contributed by atoms with Gasteiger partial charge in [-0.15, -0.1) is 0 Å². The van der Waals surface area contributed by atoms with Crippen molar-refractivity contribution in [1.29, 1.82) is 0 Å². The topological polar surface area (TPSA) is 75.6 Å². The molecular weight excluding hydrogens is 270 g/mol. The minimum atomic E-state index is -0.808. The second-order valence-corrected chi connectivity index (χ2v) is 5.25. The third-order valence-corrected chi connectivity index (χ3v) is 3.24. The molecule has 5 heteroatoms. The molecule has 1 amide bonds. The van der Waals surface area contributed by atoms with E-state index in [0.717, 1.165) is 5.56 Å². The predicted octanol–water partition coefficient (Wildman–Crippen LogP) is 2.38. The molecule has 5 nitrogen and oxygen atoms in total. The molecule has 21 heavy (non-hydrogen) atoms. The van der Waals surface area contributed by atoms with Crippen LogP contribution in [-0.4, -0.2) is 29.6 Å². The Morgan fingerprint density at radius 2 is 1.86 bits per heavy atom. The van der Waals surface area contributed by atoms with Crippen molar-refractivity contribution in [2.24, 2.45) is 5.92 Å². The first-order valence-electron chi connectivity index (χ1n) is 7.14. The van der Waals surface area contributed by atoms with Crippen molar-refractivity contribution >= 4 is 11.9 Å². The van der Waals surface area contributed by atoms with E-state index in [1.165, 1.54) is 0 Å². The molecule has 1 aromatic carbocycles. The van der Waals surface area contributed by atoms with Crippen LogP contribution in [0.5, 0.6) is 5.75 Å². The second kappa shape index (κ2) is 8.29. The van der Waals surface area contributed by atoms with Crippen LogP contribution in [0.3, 0.4) is 0 Å². The van der Waals surface area contributed by atoms with Gasteiger partial charge in [-0.25, -0.2) is 0 Å². The van der Waals surface area contributed by atoms with Gasteiger partial charge in [0.25, 0.3) is 5.91 Å². The molecule has 2 unspecified atom stereocenters. The highest BCUT2D eigenvalue weighted by Gasteiger charge is 2.15. The number of amides is 1. The molecule has 0 aliphatic heterocycles. The smallest absolute Gasteiger partial charge is 0.306 e. The summed E-state index contributed by atoms with van der Waals surface area (Å²) in [6, 6.07) is 7.50. The van der Waals surface area contributed by atoms with Gasteiger partial charge in [0.15, 0.2) is 6.10 Å². The minimum absolute atomic E-state index is 0.196. The zero-order valence-electron chi connectivity index (χ0n) is 12.8. The summed E-state index contributed by atoms with van der Waals surface area (Å²) in [6.07, 6.45) is 0.601. The molecule has 0 aliphatic carbocycles. The fourth-order valence-corrected chi connectivity index (χ4v) is 1.76. The van der Waals surface area contributed by atoms with Crippen molar-refractivity contribution in [2.45, 2.75) is 39.7 Å². The number of aryl methyl sites for hydroxylation is 1. The molecule has 0 bridgehead atoms. The first-order valence-corrected chi connectivity index (χ1v) is 7.14. The monoisotopic (exact) mass is 293 g/mol. The van der Waals surface area contributed by atoms with Crippen molar-refractivity contribution < 1.29 is 19.4 Å². The summed E-state index contributed by atoms with van der Waals surface area (Å²) in [7, 11) is 0. The van der Waals surface area contributed by atoms with Crippen LogP contribution >= 0.6 is 0 Å². The van der Waals surface area contributed by atoms with Crippen LogP contribution in [0.15, 0.2) is 24.3 Å². The number of hydrogen-bond donors (Lipinski definition) is 2. The number of hydrogen-bond acceptors (Lipinski definition) is 3. The number of carboxylic acid groups (broad SMARTS) is 1. The van der Waals surface area contributed by atoms with E-state index < -0.39 is 12.1 Å². The molecule has 0 radical (unpaired) electrons. The molecule has 1 aromatic rings. The molecule has 2 N–H and O–H groups in total. The van der Waals surface area contributed by atoms with E-state index in [2.05, 4.69) is 5.32 Å². The fraction of sp³-hybridized carbons (Fsp3) is 0.500. The summed E-state index contributed by atoms with van der Waals surface area (Å²) in [4.78, 5) is 22.5. The van der Waals surface area contributed by atoms with Crippen LogP contribution < -0.4 is 10.1 Å². The van der Waals surface area contributed by atoms with Gasteiger partial charge < -0.3 is 15.2 Å². The number of carbonyl (C=O) groups excluding carboxylic acids is 1. The normalized spacial score (nSPS) is 13.3. The van der Waals surface area contributed by atoms with Crippen molar-refractivity contribution in [3.63, 3.8) is 0 Å². The first-order chi connectivity index (χ1) is 9.90. The van der Waals surface area contributed by atoms with E-state index >= 15 is 0 Å². The highest BCUT2D eigenvalue weighted by molar-refractivity contribution is 5.80. The standard InChI is InChI=1S/C16H23NO4/c1-11-6-8-14(9-7-11)21-13(3)15(18)17-10-4-5-12(2)16(19)20/h6-9,12-13H,4-5,10H2,1-3H3,(H,17,18)(H,19,20). The van der Waals surface area contributed by atoms with Gasteiger partial charge in [0.2, 0.25) is 0 Å². The number of rotatable bonds is 8. The van der Waals surface area contributed by atoms with Gasteiger partial charge in [0.05, 0.1) is 5.92 Å². The highest BCUT2D eigenvalue weighted by Crippen LogP contribution is 2.13. The SMILES string of the molecule is Cc1ccc(OC(C)C(=O)NCCCC(C)C(=O)O)cc1. The number of aliphatic carboxylic acids is 1. The van der Waals surface area contributed by atoms with Crippen LogP contribution in [-0.2, 0) is 9.59 Å². The Bertz CT molecular complexity index is 470. The molecule has 0 aliphatic rings. The number of benzene rings is 1. The zero-order valence-corrected chi connectivity index (χ0v) is 12.8. The molecule has 2 atom stereocenters. The maximum absolute atomic E-state index is 11.8. The average molecular weight is 293 g/mol. The summed E-state index contributed by atoms with van der Waals surface area (Å²) in [5, 5.41) is 11.5. The Morgan fingerprint density at radius 3 is 2.43 bits per heavy atom. The Kier molecular flexibility index (Phi) is 6.72. The summed E-state index contributed by atoms with van der Waals surface area (Å²) < 4.78 is 5.54. The lowest BCUT2D eigenvalue weighted by Gasteiger charge is -2.15. The first kappa shape index (κ1) is 17.0. The van der Waals surface area contributed by atoms with Gasteiger partial charge in [0.1, 0.15) is 5.75 Å². The number of carbonyl (C=O) groups is 2. The van der Waals surface area contributed by atoms with E-state index in [0.29, 0.717) is 25.1 Å². The fourth-order valence-electron chi connectivity index (χ4n) is 1.76. The summed E-state index contributed by atoms with van der Waals surface area (Å²) >= 11 is 0. The lowest BCUT2D eigenvalue weighted by atomic mass is 10.1. The van der Waals surface area contributed by atoms with E-state index in [1.807, 2.05) is 31.2 Å². The number of nitrogens with one attached hydrogen (secondary N) is 1. The Balaban J connectivity index is 2.28. The predicted molar refractivity (Wildman–Crippen MR) is 80.3 cm³/mol. The summed E-state index contributed by atoms with van der Waals surface area (Å²) in [5.74, 6) is -0.734.